The second-order valence-electron chi connectivity index (χ2n) is 3.39. The van der Waals surface area contributed by atoms with Gasteiger partial charge in [-0.1, -0.05) is 6.07 Å². The molecule has 1 atom stereocenters. The number of hydrogen-bond donors (Lipinski definition) is 1. The number of nitrogens with zero attached hydrogens (tertiary/aromatic N) is 1. The Morgan fingerprint density at radius 1 is 1.50 bits per heavy atom. The van der Waals surface area contributed by atoms with E-state index in [9.17, 15) is 4.21 Å². The molecule has 1 unspecified atom stereocenters. The molecule has 2 rings (SSSR count). The van der Waals surface area contributed by atoms with Gasteiger partial charge < -0.3 is 5.73 Å². The third-order valence-corrected chi connectivity index (χ3v) is 4.74. The van der Waals surface area contributed by atoms with Gasteiger partial charge in [-0.15, -0.1) is 11.3 Å². The zero-order valence-electron chi connectivity index (χ0n) is 8.84. The molecule has 2 N–H and O–H groups in total. The van der Waals surface area contributed by atoms with Crippen LogP contribution in [0.4, 0.5) is 5.69 Å². The zero-order chi connectivity index (χ0) is 11.5. The van der Waals surface area contributed by atoms with E-state index in [1.807, 2.05) is 30.5 Å². The molecule has 0 aliphatic carbocycles. The number of nitrogen functional groups attached to an aromatic ring is 1. The number of thiazole rings is 1. The van der Waals surface area contributed by atoms with Crippen molar-refractivity contribution in [1.82, 2.24) is 4.98 Å². The summed E-state index contributed by atoms with van der Waals surface area (Å²) >= 11 is 1.52. The molecular weight excluding hydrogens is 240 g/mol. The molecule has 0 saturated carbocycles. The summed E-state index contributed by atoms with van der Waals surface area (Å²) in [5.74, 6) is 0.460. The second-order valence-corrected chi connectivity index (χ2v) is 5.78. The lowest BCUT2D eigenvalue weighted by molar-refractivity contribution is 0.682. The number of rotatable bonds is 3. The second kappa shape index (κ2) is 4.76. The van der Waals surface area contributed by atoms with E-state index in [-0.39, 0.29) is 0 Å². The average molecular weight is 252 g/mol. The summed E-state index contributed by atoms with van der Waals surface area (Å²) in [5, 5.41) is 2.78. The van der Waals surface area contributed by atoms with E-state index in [2.05, 4.69) is 4.98 Å². The van der Waals surface area contributed by atoms with Gasteiger partial charge in [0.2, 0.25) is 0 Å². The molecule has 1 aromatic carbocycles. The van der Waals surface area contributed by atoms with Gasteiger partial charge in [-0.05, 0) is 24.6 Å². The minimum Gasteiger partial charge on any atom is -0.398 e. The van der Waals surface area contributed by atoms with Crippen LogP contribution in [-0.4, -0.2) is 9.19 Å². The van der Waals surface area contributed by atoms with Crippen LogP contribution >= 0.6 is 11.3 Å². The first-order chi connectivity index (χ1) is 7.68. The normalized spacial score (nSPS) is 12.6. The first-order valence-corrected chi connectivity index (χ1v) is 7.00. The molecule has 0 radical (unpaired) electrons. The molecule has 0 saturated heterocycles. The smallest absolute Gasteiger partial charge is 0.105 e. The quantitative estimate of drug-likeness (QED) is 0.853. The van der Waals surface area contributed by atoms with E-state index in [0.717, 1.165) is 15.5 Å². The molecule has 1 aromatic heterocycles. The number of anilines is 1. The fourth-order valence-corrected chi connectivity index (χ4v) is 3.53. The Labute approximate surface area is 101 Å². The van der Waals surface area contributed by atoms with E-state index in [4.69, 9.17) is 5.73 Å². The van der Waals surface area contributed by atoms with Crippen molar-refractivity contribution in [2.45, 2.75) is 17.6 Å². The third-order valence-electron chi connectivity index (χ3n) is 2.31. The van der Waals surface area contributed by atoms with Crippen LogP contribution in [0.25, 0.3) is 0 Å². The molecule has 0 aliphatic rings. The molecule has 3 nitrogen and oxygen atoms in total. The van der Waals surface area contributed by atoms with Crippen molar-refractivity contribution in [2.24, 2.45) is 0 Å². The molecule has 0 bridgehead atoms. The number of hydrogen-bond acceptors (Lipinski definition) is 4. The van der Waals surface area contributed by atoms with Crippen LogP contribution in [0.3, 0.4) is 0 Å². The zero-order valence-corrected chi connectivity index (χ0v) is 10.5. The summed E-state index contributed by atoms with van der Waals surface area (Å²) in [6, 6.07) is 5.51. The fraction of sp³-hybridized carbons (Fsp3) is 0.182. The summed E-state index contributed by atoms with van der Waals surface area (Å²) in [6.45, 7) is 1.89. The lowest BCUT2D eigenvalue weighted by atomic mass is 10.2. The highest BCUT2D eigenvalue weighted by atomic mass is 32.2. The van der Waals surface area contributed by atoms with Gasteiger partial charge >= 0.3 is 0 Å². The number of nitrogens with two attached hydrogens (primary N) is 1. The highest BCUT2D eigenvalue weighted by Gasteiger charge is 2.10. The molecule has 0 spiro atoms. The molecule has 0 amide bonds. The van der Waals surface area contributed by atoms with Gasteiger partial charge in [0.25, 0.3) is 0 Å². The van der Waals surface area contributed by atoms with Gasteiger partial charge in [0.15, 0.2) is 0 Å². The van der Waals surface area contributed by atoms with E-state index in [1.165, 1.54) is 11.3 Å². The number of aromatic nitrogens is 1. The minimum atomic E-state index is -1.07. The van der Waals surface area contributed by atoms with Crippen LogP contribution in [0, 0.1) is 6.92 Å². The van der Waals surface area contributed by atoms with Gasteiger partial charge in [0.1, 0.15) is 5.01 Å². The number of benzene rings is 1. The predicted molar refractivity (Wildman–Crippen MR) is 67.8 cm³/mol. The Bertz CT molecular complexity index is 509. The van der Waals surface area contributed by atoms with Crippen LogP contribution < -0.4 is 5.73 Å². The molecule has 16 heavy (non-hydrogen) atoms. The minimum absolute atomic E-state index is 0.460. The highest BCUT2D eigenvalue weighted by Crippen LogP contribution is 2.21. The maximum atomic E-state index is 12.1. The molecule has 2 aromatic rings. The summed E-state index contributed by atoms with van der Waals surface area (Å²) in [5.41, 5.74) is 7.37. The lowest BCUT2D eigenvalue weighted by Gasteiger charge is -2.06. The van der Waals surface area contributed by atoms with Crippen LogP contribution in [-0.2, 0) is 16.6 Å². The Morgan fingerprint density at radius 2 is 2.31 bits per heavy atom. The van der Waals surface area contributed by atoms with Crippen molar-refractivity contribution in [3.05, 3.63) is 40.3 Å². The first kappa shape index (κ1) is 11.3. The van der Waals surface area contributed by atoms with E-state index in [1.54, 1.807) is 6.20 Å². The molecule has 0 aliphatic heterocycles. The molecule has 5 heteroatoms. The van der Waals surface area contributed by atoms with Crippen molar-refractivity contribution < 1.29 is 4.21 Å². The van der Waals surface area contributed by atoms with Gasteiger partial charge in [0.05, 0.1) is 16.6 Å². The van der Waals surface area contributed by atoms with Gasteiger partial charge in [0, 0.05) is 22.2 Å². The largest absolute Gasteiger partial charge is 0.398 e. The van der Waals surface area contributed by atoms with Gasteiger partial charge in [-0.3, -0.25) is 4.21 Å². The monoisotopic (exact) mass is 252 g/mol. The van der Waals surface area contributed by atoms with Crippen molar-refractivity contribution in [2.75, 3.05) is 5.73 Å². The van der Waals surface area contributed by atoms with E-state index in [0.29, 0.717) is 11.4 Å². The summed E-state index contributed by atoms with van der Waals surface area (Å²) in [6.07, 6.45) is 1.73. The molecule has 0 fully saturated rings. The van der Waals surface area contributed by atoms with Gasteiger partial charge in [-0.25, -0.2) is 4.98 Å². The summed E-state index contributed by atoms with van der Waals surface area (Å²) < 4.78 is 12.1. The van der Waals surface area contributed by atoms with Crippen LogP contribution in [0.2, 0.25) is 0 Å². The topological polar surface area (TPSA) is 56.0 Å². The Balaban J connectivity index is 2.24. The summed E-state index contributed by atoms with van der Waals surface area (Å²) in [7, 11) is -1.07. The van der Waals surface area contributed by atoms with Crippen molar-refractivity contribution in [3.8, 4) is 0 Å². The predicted octanol–water partition coefficient (Wildman–Crippen LogP) is 2.34. The lowest BCUT2D eigenvalue weighted by Crippen LogP contribution is -2.01. The highest BCUT2D eigenvalue weighted by molar-refractivity contribution is 7.84. The van der Waals surface area contributed by atoms with Crippen LogP contribution in [0.1, 0.15) is 10.6 Å². The maximum absolute atomic E-state index is 12.1. The first-order valence-electron chi connectivity index (χ1n) is 4.80. The Morgan fingerprint density at radius 3 is 3.00 bits per heavy atom. The maximum Gasteiger partial charge on any atom is 0.105 e. The Hall–Kier alpha value is -1.20. The molecule has 84 valence electrons. The fourth-order valence-electron chi connectivity index (χ4n) is 1.39. The summed E-state index contributed by atoms with van der Waals surface area (Å²) in [4.78, 5) is 4.93. The Kier molecular flexibility index (Phi) is 3.36. The van der Waals surface area contributed by atoms with Crippen LogP contribution in [0.5, 0.6) is 0 Å². The van der Waals surface area contributed by atoms with Crippen LogP contribution in [0.15, 0.2) is 34.7 Å². The molecule has 1 heterocycles. The van der Waals surface area contributed by atoms with E-state index >= 15 is 0 Å². The van der Waals surface area contributed by atoms with Crippen molar-refractivity contribution in [1.29, 1.82) is 0 Å². The molecular formula is C11H12N2OS2. The van der Waals surface area contributed by atoms with Crippen molar-refractivity contribution in [3.63, 3.8) is 0 Å². The van der Waals surface area contributed by atoms with E-state index < -0.39 is 10.8 Å². The average Bonchev–Trinajstić information content (AvgIpc) is 2.74. The third kappa shape index (κ3) is 2.31. The van der Waals surface area contributed by atoms with Crippen molar-refractivity contribution >= 4 is 27.8 Å². The standard InChI is InChI=1S/C11H12N2OS2/c1-8-9(12)3-2-4-10(8)16(14)7-11-13-5-6-15-11/h2-6H,7,12H2,1H3. The SMILES string of the molecule is Cc1c(N)cccc1S(=O)Cc1nccs1. The van der Waals surface area contributed by atoms with Gasteiger partial charge in [-0.2, -0.15) is 0 Å².